The first-order valence-electron chi connectivity index (χ1n) is 13.2. The summed E-state index contributed by atoms with van der Waals surface area (Å²) in [6, 6.07) is 20.9. The van der Waals surface area contributed by atoms with Gasteiger partial charge in [-0.3, -0.25) is 9.36 Å². The van der Waals surface area contributed by atoms with Crippen molar-refractivity contribution < 1.29 is 13.2 Å². The smallest absolute Gasteiger partial charge is 0.266 e. The van der Waals surface area contributed by atoms with Gasteiger partial charge >= 0.3 is 0 Å². The van der Waals surface area contributed by atoms with Crippen molar-refractivity contribution in [2.75, 3.05) is 14.2 Å². The number of ether oxygens (including phenoxy) is 1. The quantitative estimate of drug-likeness (QED) is 0.209. The summed E-state index contributed by atoms with van der Waals surface area (Å²) >= 11 is 1.59. The van der Waals surface area contributed by atoms with Crippen LogP contribution in [0, 0.1) is 0 Å². The van der Waals surface area contributed by atoms with Crippen molar-refractivity contribution in [2.45, 2.75) is 44.0 Å². The van der Waals surface area contributed by atoms with Gasteiger partial charge in [-0.05, 0) is 94.4 Å². The van der Waals surface area contributed by atoms with E-state index in [9.17, 15) is 13.2 Å². The second-order valence-corrected chi connectivity index (χ2v) is 13.8. The molecule has 2 aromatic heterocycles. The zero-order chi connectivity index (χ0) is 29.5. The fourth-order valence-corrected chi connectivity index (χ4v) is 6.72. The first-order valence-corrected chi connectivity index (χ1v) is 15.6. The lowest BCUT2D eigenvalue weighted by Gasteiger charge is -2.27. The number of hydrogen-bond donors (Lipinski definition) is 0. The number of nitrogens with zero attached hydrogens (tertiary/aromatic N) is 3. The third-order valence-corrected chi connectivity index (χ3v) is 10.0. The zero-order valence-corrected chi connectivity index (χ0v) is 25.6. The normalized spacial score (nSPS) is 13.0. The maximum atomic E-state index is 14.1. The molecule has 0 amide bonds. The molecule has 1 unspecified atom stereocenters. The van der Waals surface area contributed by atoms with Gasteiger partial charge in [-0.25, -0.2) is 13.4 Å². The molecule has 0 saturated carbocycles. The highest BCUT2D eigenvalue weighted by Crippen LogP contribution is 2.30. The minimum atomic E-state index is -3.90. The van der Waals surface area contributed by atoms with Gasteiger partial charge in [0.25, 0.3) is 5.56 Å². The summed E-state index contributed by atoms with van der Waals surface area (Å²) in [5.41, 5.74) is 3.66. The molecular weight excluding hydrogens is 555 g/mol. The Balaban J connectivity index is 1.65. The van der Waals surface area contributed by atoms with Crippen LogP contribution >= 0.6 is 11.3 Å². The van der Waals surface area contributed by atoms with Crippen LogP contribution in [-0.2, 0) is 15.4 Å². The predicted octanol–water partition coefficient (Wildman–Crippen LogP) is 6.80. The van der Waals surface area contributed by atoms with Crippen molar-refractivity contribution in [1.29, 1.82) is 0 Å². The lowest BCUT2D eigenvalue weighted by Crippen LogP contribution is -2.35. The molecule has 0 spiro atoms. The fourth-order valence-electron chi connectivity index (χ4n) is 4.74. The van der Waals surface area contributed by atoms with Gasteiger partial charge in [0.2, 0.25) is 10.0 Å². The highest BCUT2D eigenvalue weighted by atomic mass is 32.2. The molecule has 41 heavy (non-hydrogen) atoms. The van der Waals surface area contributed by atoms with Crippen molar-refractivity contribution in [3.63, 3.8) is 0 Å². The summed E-state index contributed by atoms with van der Waals surface area (Å²) in [6.45, 7) is 7.99. The maximum Gasteiger partial charge on any atom is 0.266 e. The summed E-state index contributed by atoms with van der Waals surface area (Å²) in [7, 11) is -0.806. The third-order valence-electron chi connectivity index (χ3n) is 7.40. The molecule has 0 N–H and O–H groups in total. The Morgan fingerprint density at radius 3 is 2.22 bits per heavy atom. The van der Waals surface area contributed by atoms with Crippen molar-refractivity contribution >= 4 is 32.3 Å². The first-order chi connectivity index (χ1) is 19.4. The number of benzene rings is 3. The van der Waals surface area contributed by atoms with E-state index in [1.807, 2.05) is 47.2 Å². The predicted molar refractivity (Wildman–Crippen MR) is 166 cm³/mol. The number of aromatic nitrogens is 2. The van der Waals surface area contributed by atoms with E-state index in [0.29, 0.717) is 28.2 Å². The molecule has 1 atom stereocenters. The zero-order valence-electron chi connectivity index (χ0n) is 24.0. The Labute approximate surface area is 244 Å². The molecule has 0 aliphatic carbocycles. The second kappa shape index (κ2) is 10.9. The molecule has 0 aliphatic rings. The molecule has 5 aromatic rings. The molecule has 5 rings (SSSR count). The average molecular weight is 588 g/mol. The van der Waals surface area contributed by atoms with E-state index in [1.165, 1.54) is 15.9 Å². The van der Waals surface area contributed by atoms with Crippen LogP contribution in [0.3, 0.4) is 0 Å². The lowest BCUT2D eigenvalue weighted by molar-refractivity contribution is 0.379. The first kappa shape index (κ1) is 28.7. The number of hydrogen-bond acceptors (Lipinski definition) is 6. The molecule has 0 radical (unpaired) electrons. The van der Waals surface area contributed by atoms with Crippen molar-refractivity contribution in [1.82, 2.24) is 13.9 Å². The highest BCUT2D eigenvalue weighted by molar-refractivity contribution is 7.89. The maximum absolute atomic E-state index is 14.1. The molecule has 2 heterocycles. The van der Waals surface area contributed by atoms with E-state index >= 15 is 0 Å². The standard InChI is InChI=1S/C32H33N3O4S2/c1-21(34(5)41(37,38)27-14-8-24(9-15-27)32(2,3)4)30-33-29-16-7-22(23-17-18-40-20-23)19-28(29)31(36)35(30)25-10-12-26(39-6)13-11-25/h7-21H,1-6H3. The third kappa shape index (κ3) is 5.45. The lowest BCUT2D eigenvalue weighted by atomic mass is 9.87. The van der Waals surface area contributed by atoms with Crippen LogP contribution in [0.2, 0.25) is 0 Å². The van der Waals surface area contributed by atoms with Crippen molar-refractivity contribution in [2.24, 2.45) is 0 Å². The number of thiophene rings is 1. The van der Waals surface area contributed by atoms with E-state index in [1.54, 1.807) is 61.8 Å². The van der Waals surface area contributed by atoms with Gasteiger partial charge in [-0.15, -0.1) is 0 Å². The van der Waals surface area contributed by atoms with Crippen molar-refractivity contribution in [3.8, 4) is 22.6 Å². The summed E-state index contributed by atoms with van der Waals surface area (Å²) in [5, 5.41) is 4.47. The van der Waals surface area contributed by atoms with Crippen LogP contribution in [0.15, 0.2) is 93.2 Å². The highest BCUT2D eigenvalue weighted by Gasteiger charge is 2.30. The summed E-state index contributed by atoms with van der Waals surface area (Å²) in [4.78, 5) is 19.2. The Morgan fingerprint density at radius 1 is 0.951 bits per heavy atom. The molecule has 3 aromatic carbocycles. The van der Waals surface area contributed by atoms with Crippen LogP contribution in [0.5, 0.6) is 5.75 Å². The summed E-state index contributed by atoms with van der Waals surface area (Å²) in [5.74, 6) is 0.955. The monoisotopic (exact) mass is 587 g/mol. The van der Waals surface area contributed by atoms with Crippen molar-refractivity contribution in [3.05, 3.63) is 105 Å². The average Bonchev–Trinajstić information content (AvgIpc) is 3.51. The van der Waals surface area contributed by atoms with Gasteiger partial charge in [-0.1, -0.05) is 39.0 Å². The Bertz CT molecular complexity index is 1850. The van der Waals surface area contributed by atoms with Gasteiger partial charge in [0, 0.05) is 7.05 Å². The van der Waals surface area contributed by atoms with Crippen LogP contribution in [0.4, 0.5) is 0 Å². The molecule has 0 aliphatic heterocycles. The Kier molecular flexibility index (Phi) is 7.63. The van der Waals surface area contributed by atoms with Gasteiger partial charge < -0.3 is 4.74 Å². The van der Waals surface area contributed by atoms with E-state index in [0.717, 1.165) is 16.7 Å². The molecular formula is C32H33N3O4S2. The minimum absolute atomic E-state index is 0.103. The number of methoxy groups -OCH3 is 1. The summed E-state index contributed by atoms with van der Waals surface area (Å²) < 4.78 is 35.6. The minimum Gasteiger partial charge on any atom is -0.497 e. The van der Waals surface area contributed by atoms with E-state index in [4.69, 9.17) is 9.72 Å². The Hall–Kier alpha value is -3.79. The van der Waals surface area contributed by atoms with Crippen LogP contribution < -0.4 is 10.3 Å². The molecule has 0 saturated heterocycles. The van der Waals surface area contributed by atoms with Crippen LogP contribution in [0.25, 0.3) is 27.7 Å². The molecule has 7 nitrogen and oxygen atoms in total. The number of rotatable bonds is 7. The van der Waals surface area contributed by atoms with E-state index < -0.39 is 16.1 Å². The SMILES string of the molecule is COc1ccc(-n2c(C(C)N(C)S(=O)(=O)c3ccc(C(C)(C)C)cc3)nc3ccc(-c4ccsc4)cc3c2=O)cc1. The summed E-state index contributed by atoms with van der Waals surface area (Å²) in [6.07, 6.45) is 0. The molecule has 0 fully saturated rings. The van der Waals surface area contributed by atoms with Gasteiger partial charge in [0.1, 0.15) is 11.6 Å². The van der Waals surface area contributed by atoms with Gasteiger partial charge in [0.05, 0.1) is 34.6 Å². The Morgan fingerprint density at radius 2 is 1.63 bits per heavy atom. The van der Waals surface area contributed by atoms with E-state index in [2.05, 4.69) is 20.8 Å². The number of fused-ring (bicyclic) bond motifs is 1. The molecule has 9 heteroatoms. The molecule has 212 valence electrons. The largest absolute Gasteiger partial charge is 0.497 e. The van der Waals surface area contributed by atoms with E-state index in [-0.39, 0.29) is 15.9 Å². The fraction of sp³-hybridized carbons (Fsp3) is 0.250. The van der Waals surface area contributed by atoms with Gasteiger partial charge in [0.15, 0.2) is 0 Å². The van der Waals surface area contributed by atoms with Gasteiger partial charge in [-0.2, -0.15) is 15.6 Å². The second-order valence-electron chi connectivity index (χ2n) is 11.0. The molecule has 0 bridgehead atoms. The van der Waals surface area contributed by atoms with Crippen LogP contribution in [0.1, 0.15) is 45.1 Å². The number of sulfonamides is 1. The topological polar surface area (TPSA) is 81.5 Å². The van der Waals surface area contributed by atoms with Crippen LogP contribution in [-0.4, -0.2) is 36.4 Å².